The molecule has 122 valence electrons. The van der Waals surface area contributed by atoms with Crippen molar-refractivity contribution in [3.05, 3.63) is 63.3 Å². The van der Waals surface area contributed by atoms with Gasteiger partial charge in [-0.3, -0.25) is 9.59 Å². The molecule has 2 N–H and O–H groups in total. The molecule has 2 aromatic carbocycles. The second kappa shape index (κ2) is 6.55. The fourth-order valence-electron chi connectivity index (χ4n) is 2.18. The van der Waals surface area contributed by atoms with Crippen LogP contribution in [0.4, 0.5) is 0 Å². The van der Waals surface area contributed by atoms with E-state index in [1.54, 1.807) is 30.3 Å². The van der Waals surface area contributed by atoms with Crippen molar-refractivity contribution in [1.29, 1.82) is 0 Å². The fourth-order valence-corrected chi connectivity index (χ4v) is 2.55. The van der Waals surface area contributed by atoms with Gasteiger partial charge < -0.3 is 15.2 Å². The summed E-state index contributed by atoms with van der Waals surface area (Å²) in [6.45, 7) is -0.256. The number of ether oxygens (including phenoxy) is 2. The Labute approximate surface area is 147 Å². The molecule has 0 saturated heterocycles. The van der Waals surface area contributed by atoms with Gasteiger partial charge in [-0.05, 0) is 29.8 Å². The molecule has 1 aliphatic heterocycles. The van der Waals surface area contributed by atoms with Crippen LogP contribution in [0.15, 0.2) is 42.2 Å². The molecular weight excluding hydrogens is 353 g/mol. The van der Waals surface area contributed by atoms with Gasteiger partial charge in [-0.15, -0.1) is 0 Å². The van der Waals surface area contributed by atoms with Crippen molar-refractivity contribution < 1.29 is 19.1 Å². The van der Waals surface area contributed by atoms with E-state index in [9.17, 15) is 9.59 Å². The average molecular weight is 364 g/mol. The summed E-state index contributed by atoms with van der Waals surface area (Å²) >= 11 is 12.1. The van der Waals surface area contributed by atoms with E-state index in [0.29, 0.717) is 32.7 Å². The minimum Gasteiger partial charge on any atom is -0.484 e. The Morgan fingerprint density at radius 2 is 2.04 bits per heavy atom. The molecule has 0 aliphatic carbocycles. The second-order valence-corrected chi connectivity index (χ2v) is 5.78. The predicted octanol–water partition coefficient (Wildman–Crippen LogP) is 3.47. The first-order valence-corrected chi connectivity index (χ1v) is 7.64. The lowest BCUT2D eigenvalue weighted by molar-refractivity contribution is -0.119. The quantitative estimate of drug-likeness (QED) is 0.843. The van der Waals surface area contributed by atoms with Gasteiger partial charge in [-0.25, -0.2) is 0 Å². The number of benzene rings is 2. The summed E-state index contributed by atoms with van der Waals surface area (Å²) < 4.78 is 10.8. The Kier molecular flexibility index (Phi) is 4.46. The normalized spacial score (nSPS) is 14.4. The number of carbonyl (C=O) groups is 2. The summed E-state index contributed by atoms with van der Waals surface area (Å²) in [5.41, 5.74) is 6.00. The van der Waals surface area contributed by atoms with Gasteiger partial charge in [0.25, 0.3) is 5.91 Å². The Bertz CT molecular complexity index is 877. The first kappa shape index (κ1) is 16.4. The highest BCUT2D eigenvalue weighted by atomic mass is 35.5. The number of hydrogen-bond acceptors (Lipinski definition) is 4. The van der Waals surface area contributed by atoms with Crippen LogP contribution in [0, 0.1) is 0 Å². The zero-order chi connectivity index (χ0) is 17.3. The van der Waals surface area contributed by atoms with E-state index >= 15 is 0 Å². The van der Waals surface area contributed by atoms with Gasteiger partial charge in [-0.1, -0.05) is 35.3 Å². The van der Waals surface area contributed by atoms with Crippen LogP contribution < -0.4 is 15.2 Å². The molecule has 0 fully saturated rings. The molecule has 0 radical (unpaired) electrons. The van der Waals surface area contributed by atoms with Gasteiger partial charge in [0.05, 0.1) is 15.6 Å². The van der Waals surface area contributed by atoms with E-state index in [-0.39, 0.29) is 18.1 Å². The summed E-state index contributed by atoms with van der Waals surface area (Å²) in [5.74, 6) is -0.0267. The summed E-state index contributed by atoms with van der Waals surface area (Å²) in [4.78, 5) is 23.1. The lowest BCUT2D eigenvalue weighted by Gasteiger charge is -2.05. The maximum atomic E-state index is 12.4. The third-order valence-electron chi connectivity index (χ3n) is 3.29. The molecule has 1 aliphatic rings. The first-order chi connectivity index (χ1) is 11.5. The van der Waals surface area contributed by atoms with Crippen LogP contribution in [0.1, 0.15) is 15.9 Å². The Hall–Kier alpha value is -2.50. The monoisotopic (exact) mass is 363 g/mol. The van der Waals surface area contributed by atoms with Gasteiger partial charge in [0.15, 0.2) is 12.4 Å². The van der Waals surface area contributed by atoms with Crippen molar-refractivity contribution in [3.63, 3.8) is 0 Å². The van der Waals surface area contributed by atoms with E-state index in [2.05, 4.69) is 0 Å². The molecule has 2 aromatic rings. The van der Waals surface area contributed by atoms with Gasteiger partial charge in [0.2, 0.25) is 5.78 Å². The van der Waals surface area contributed by atoms with Crippen molar-refractivity contribution in [1.82, 2.24) is 0 Å². The minimum atomic E-state index is -0.594. The number of fused-ring (bicyclic) bond motifs is 1. The van der Waals surface area contributed by atoms with Crippen LogP contribution in [0.3, 0.4) is 0 Å². The topological polar surface area (TPSA) is 78.6 Å². The van der Waals surface area contributed by atoms with E-state index in [0.717, 1.165) is 0 Å². The molecule has 5 nitrogen and oxygen atoms in total. The van der Waals surface area contributed by atoms with Crippen LogP contribution in [0.2, 0.25) is 10.0 Å². The number of hydrogen-bond donors (Lipinski definition) is 1. The van der Waals surface area contributed by atoms with Crippen molar-refractivity contribution in [2.45, 2.75) is 0 Å². The number of rotatable bonds is 4. The van der Waals surface area contributed by atoms with Crippen LogP contribution in [-0.4, -0.2) is 18.3 Å². The Balaban J connectivity index is 1.89. The molecule has 7 heteroatoms. The molecule has 3 rings (SSSR count). The van der Waals surface area contributed by atoms with Crippen LogP contribution in [0.25, 0.3) is 6.08 Å². The standard InChI is InChI=1S/C17H11Cl2NO4/c18-12-3-1-2-9(16(12)19)6-14-17(22)11-5-4-10(7-13(11)24-14)23-8-15(20)21/h1-7H,8H2,(H2,20,21). The molecule has 0 unspecified atom stereocenters. The van der Waals surface area contributed by atoms with Crippen LogP contribution >= 0.6 is 23.2 Å². The van der Waals surface area contributed by atoms with Crippen LogP contribution in [0.5, 0.6) is 11.5 Å². The van der Waals surface area contributed by atoms with E-state index < -0.39 is 5.91 Å². The molecule has 0 aromatic heterocycles. The maximum Gasteiger partial charge on any atom is 0.255 e. The molecule has 1 amide bonds. The van der Waals surface area contributed by atoms with Crippen molar-refractivity contribution in [2.75, 3.05) is 6.61 Å². The fraction of sp³-hybridized carbons (Fsp3) is 0.0588. The van der Waals surface area contributed by atoms with E-state index in [4.69, 9.17) is 38.4 Å². The Morgan fingerprint density at radius 1 is 1.25 bits per heavy atom. The summed E-state index contributed by atoms with van der Waals surface area (Å²) in [7, 11) is 0. The number of Topliss-reactive ketones (excluding diaryl/α,β-unsaturated/α-hetero) is 1. The molecule has 0 atom stereocenters. The molecule has 0 spiro atoms. The van der Waals surface area contributed by atoms with Gasteiger partial charge in [-0.2, -0.15) is 0 Å². The highest BCUT2D eigenvalue weighted by molar-refractivity contribution is 6.43. The lowest BCUT2D eigenvalue weighted by atomic mass is 10.1. The van der Waals surface area contributed by atoms with E-state index in [1.165, 1.54) is 12.1 Å². The third kappa shape index (κ3) is 3.22. The van der Waals surface area contributed by atoms with Crippen molar-refractivity contribution in [2.24, 2.45) is 5.73 Å². The van der Waals surface area contributed by atoms with Gasteiger partial charge in [0.1, 0.15) is 11.5 Å². The molecule has 0 saturated carbocycles. The molecule has 1 heterocycles. The molecule has 0 bridgehead atoms. The van der Waals surface area contributed by atoms with Crippen molar-refractivity contribution in [3.8, 4) is 11.5 Å². The highest BCUT2D eigenvalue weighted by Gasteiger charge is 2.28. The van der Waals surface area contributed by atoms with E-state index in [1.807, 2.05) is 0 Å². The maximum absolute atomic E-state index is 12.4. The predicted molar refractivity (Wildman–Crippen MR) is 90.5 cm³/mol. The zero-order valence-corrected chi connectivity index (χ0v) is 13.7. The third-order valence-corrected chi connectivity index (χ3v) is 4.12. The molecule has 24 heavy (non-hydrogen) atoms. The minimum absolute atomic E-state index is 0.126. The zero-order valence-electron chi connectivity index (χ0n) is 12.2. The number of allylic oxidation sites excluding steroid dienone is 1. The number of carbonyl (C=O) groups excluding carboxylic acids is 2. The summed E-state index contributed by atoms with van der Waals surface area (Å²) in [6.07, 6.45) is 1.53. The lowest BCUT2D eigenvalue weighted by Crippen LogP contribution is -2.19. The number of halogens is 2. The largest absolute Gasteiger partial charge is 0.484 e. The number of amides is 1. The number of primary amides is 1. The summed E-state index contributed by atoms with van der Waals surface area (Å²) in [6, 6.07) is 9.76. The number of nitrogens with two attached hydrogens (primary N) is 1. The SMILES string of the molecule is NC(=O)COc1ccc2c(c1)OC(=Cc1cccc(Cl)c1Cl)C2=O. The van der Waals surface area contributed by atoms with Crippen molar-refractivity contribution >= 4 is 41.0 Å². The smallest absolute Gasteiger partial charge is 0.255 e. The highest BCUT2D eigenvalue weighted by Crippen LogP contribution is 2.36. The van der Waals surface area contributed by atoms with Crippen LogP contribution in [-0.2, 0) is 4.79 Å². The average Bonchev–Trinajstić information content (AvgIpc) is 2.85. The summed E-state index contributed by atoms with van der Waals surface area (Å²) in [5, 5.41) is 0.723. The number of ketones is 1. The first-order valence-electron chi connectivity index (χ1n) is 6.89. The van der Waals surface area contributed by atoms with Gasteiger partial charge >= 0.3 is 0 Å². The molecular formula is C17H11Cl2NO4. The van der Waals surface area contributed by atoms with Gasteiger partial charge in [0, 0.05) is 6.07 Å². The second-order valence-electron chi connectivity index (χ2n) is 5.00. The Morgan fingerprint density at radius 3 is 2.79 bits per heavy atom.